The SMILES string of the molecule is COC(=O)[C@@]1(O)C[C@@H](O)[C@H](O)[C@@H](OC(=O)/C=C/c2ccc(O)c(OC)c2)C1. The van der Waals surface area contributed by atoms with E-state index in [1.165, 1.54) is 31.4 Å². The van der Waals surface area contributed by atoms with Gasteiger partial charge in [0.15, 0.2) is 17.1 Å². The van der Waals surface area contributed by atoms with Crippen molar-refractivity contribution in [3.8, 4) is 11.5 Å². The molecule has 0 radical (unpaired) electrons. The molecule has 1 aromatic carbocycles. The van der Waals surface area contributed by atoms with Gasteiger partial charge in [-0.25, -0.2) is 9.59 Å². The number of aromatic hydroxyl groups is 1. The van der Waals surface area contributed by atoms with Gasteiger partial charge in [-0.1, -0.05) is 6.07 Å². The van der Waals surface area contributed by atoms with E-state index in [0.29, 0.717) is 5.56 Å². The summed E-state index contributed by atoms with van der Waals surface area (Å²) in [5, 5.41) is 39.7. The maximum Gasteiger partial charge on any atom is 0.338 e. The number of benzene rings is 1. The second-order valence-corrected chi connectivity index (χ2v) is 6.23. The van der Waals surface area contributed by atoms with Crippen LogP contribution in [-0.4, -0.2) is 70.5 Å². The predicted octanol–water partition coefficient (Wildman–Crippen LogP) is -0.255. The van der Waals surface area contributed by atoms with E-state index >= 15 is 0 Å². The third kappa shape index (κ3) is 4.76. The molecule has 0 spiro atoms. The van der Waals surface area contributed by atoms with Gasteiger partial charge in [0.1, 0.15) is 12.2 Å². The van der Waals surface area contributed by atoms with Crippen molar-refractivity contribution in [1.82, 2.24) is 0 Å². The van der Waals surface area contributed by atoms with E-state index in [9.17, 15) is 30.0 Å². The molecule has 9 heteroatoms. The van der Waals surface area contributed by atoms with Gasteiger partial charge in [0.05, 0.1) is 20.3 Å². The van der Waals surface area contributed by atoms with Crippen LogP contribution in [0.3, 0.4) is 0 Å². The third-order valence-corrected chi connectivity index (χ3v) is 4.31. The summed E-state index contributed by atoms with van der Waals surface area (Å²) in [4.78, 5) is 23.7. The maximum absolute atomic E-state index is 12.0. The molecule has 4 N–H and O–H groups in total. The van der Waals surface area contributed by atoms with Crippen LogP contribution < -0.4 is 4.74 Å². The number of esters is 2. The van der Waals surface area contributed by atoms with Gasteiger partial charge in [-0.05, 0) is 23.8 Å². The fraction of sp³-hybridized carbons (Fsp3) is 0.444. The molecule has 9 nitrogen and oxygen atoms in total. The van der Waals surface area contributed by atoms with Gasteiger partial charge in [-0.15, -0.1) is 0 Å². The number of aliphatic hydroxyl groups is 3. The molecule has 1 aliphatic rings. The molecule has 0 unspecified atom stereocenters. The summed E-state index contributed by atoms with van der Waals surface area (Å²) in [6.07, 6.45) is -2.61. The van der Waals surface area contributed by atoms with Gasteiger partial charge >= 0.3 is 11.9 Å². The first-order valence-electron chi connectivity index (χ1n) is 8.13. The molecule has 0 amide bonds. The van der Waals surface area contributed by atoms with E-state index in [-0.39, 0.29) is 11.5 Å². The molecule has 0 aromatic heterocycles. The van der Waals surface area contributed by atoms with Crippen molar-refractivity contribution in [2.75, 3.05) is 14.2 Å². The van der Waals surface area contributed by atoms with Crippen molar-refractivity contribution in [3.05, 3.63) is 29.8 Å². The largest absolute Gasteiger partial charge is 0.504 e. The average Bonchev–Trinajstić information content (AvgIpc) is 2.64. The van der Waals surface area contributed by atoms with Crippen LogP contribution in [0.2, 0.25) is 0 Å². The molecule has 148 valence electrons. The highest BCUT2D eigenvalue weighted by atomic mass is 16.6. The lowest BCUT2D eigenvalue weighted by molar-refractivity contribution is -0.198. The van der Waals surface area contributed by atoms with E-state index in [1.54, 1.807) is 0 Å². The summed E-state index contributed by atoms with van der Waals surface area (Å²) in [6.45, 7) is 0. The molecule has 0 bridgehead atoms. The van der Waals surface area contributed by atoms with Crippen molar-refractivity contribution in [2.24, 2.45) is 0 Å². The normalized spacial score (nSPS) is 28.0. The van der Waals surface area contributed by atoms with Crippen LogP contribution in [0.25, 0.3) is 6.08 Å². The van der Waals surface area contributed by atoms with Crippen LogP contribution in [0.15, 0.2) is 24.3 Å². The molecule has 2 rings (SSSR count). The highest BCUT2D eigenvalue weighted by Gasteiger charge is 2.50. The van der Waals surface area contributed by atoms with Crippen molar-refractivity contribution in [1.29, 1.82) is 0 Å². The zero-order valence-corrected chi connectivity index (χ0v) is 14.9. The van der Waals surface area contributed by atoms with Crippen molar-refractivity contribution in [2.45, 2.75) is 36.8 Å². The molecule has 1 saturated carbocycles. The number of carbonyl (C=O) groups excluding carboxylic acids is 2. The minimum atomic E-state index is -2.06. The summed E-state index contributed by atoms with van der Waals surface area (Å²) < 4.78 is 14.5. The third-order valence-electron chi connectivity index (χ3n) is 4.31. The lowest BCUT2D eigenvalue weighted by Gasteiger charge is -2.39. The number of ether oxygens (including phenoxy) is 3. The van der Waals surface area contributed by atoms with Gasteiger partial charge < -0.3 is 34.6 Å². The Labute approximate surface area is 155 Å². The Morgan fingerprint density at radius 1 is 1.22 bits per heavy atom. The van der Waals surface area contributed by atoms with Gasteiger partial charge in [0.25, 0.3) is 0 Å². The van der Waals surface area contributed by atoms with Crippen molar-refractivity contribution < 1.29 is 44.2 Å². The van der Waals surface area contributed by atoms with Crippen LogP contribution in [-0.2, 0) is 19.1 Å². The highest BCUT2D eigenvalue weighted by Crippen LogP contribution is 2.32. The summed E-state index contributed by atoms with van der Waals surface area (Å²) in [5.41, 5.74) is -1.52. The van der Waals surface area contributed by atoms with Crippen LogP contribution in [0.1, 0.15) is 18.4 Å². The number of aliphatic hydroxyl groups excluding tert-OH is 2. The smallest absolute Gasteiger partial charge is 0.338 e. The maximum atomic E-state index is 12.0. The Bertz CT molecular complexity index is 730. The molecule has 0 heterocycles. The zero-order chi connectivity index (χ0) is 20.2. The van der Waals surface area contributed by atoms with E-state index in [0.717, 1.165) is 13.2 Å². The number of phenolic OH excluding ortho intramolecular Hbond substituents is 1. The second kappa shape index (κ2) is 8.38. The van der Waals surface area contributed by atoms with Gasteiger partial charge in [0.2, 0.25) is 0 Å². The summed E-state index contributed by atoms with van der Waals surface area (Å²) >= 11 is 0. The van der Waals surface area contributed by atoms with Gasteiger partial charge in [-0.3, -0.25) is 0 Å². The Hall–Kier alpha value is -2.62. The van der Waals surface area contributed by atoms with E-state index in [1.807, 2.05) is 0 Å². The van der Waals surface area contributed by atoms with Crippen molar-refractivity contribution >= 4 is 18.0 Å². The number of carbonyl (C=O) groups is 2. The lowest BCUT2D eigenvalue weighted by atomic mass is 9.79. The predicted molar refractivity (Wildman–Crippen MR) is 91.8 cm³/mol. The highest BCUT2D eigenvalue weighted by molar-refractivity contribution is 5.87. The Kier molecular flexibility index (Phi) is 6.42. The van der Waals surface area contributed by atoms with Crippen LogP contribution >= 0.6 is 0 Å². The van der Waals surface area contributed by atoms with Crippen LogP contribution in [0.4, 0.5) is 0 Å². The number of hydrogen-bond acceptors (Lipinski definition) is 9. The van der Waals surface area contributed by atoms with E-state index in [2.05, 4.69) is 4.74 Å². The summed E-state index contributed by atoms with van der Waals surface area (Å²) in [5.74, 6) is -1.67. The second-order valence-electron chi connectivity index (χ2n) is 6.23. The number of methoxy groups -OCH3 is 2. The zero-order valence-electron chi connectivity index (χ0n) is 14.9. The number of rotatable bonds is 5. The van der Waals surface area contributed by atoms with Crippen LogP contribution in [0, 0.1) is 0 Å². The molecule has 4 atom stereocenters. The molecular weight excluding hydrogens is 360 g/mol. The monoisotopic (exact) mass is 382 g/mol. The van der Waals surface area contributed by atoms with Crippen LogP contribution in [0.5, 0.6) is 11.5 Å². The lowest BCUT2D eigenvalue weighted by Crippen LogP contribution is -2.57. The van der Waals surface area contributed by atoms with Crippen molar-refractivity contribution in [3.63, 3.8) is 0 Å². The van der Waals surface area contributed by atoms with E-state index < -0.39 is 48.7 Å². The fourth-order valence-electron chi connectivity index (χ4n) is 2.87. The molecule has 1 aromatic rings. The molecule has 1 fully saturated rings. The van der Waals surface area contributed by atoms with Gasteiger partial charge in [0, 0.05) is 18.9 Å². The molecule has 0 saturated heterocycles. The first-order valence-corrected chi connectivity index (χ1v) is 8.13. The Morgan fingerprint density at radius 3 is 2.56 bits per heavy atom. The van der Waals surface area contributed by atoms with Gasteiger partial charge in [-0.2, -0.15) is 0 Å². The molecular formula is C18H22O9. The Morgan fingerprint density at radius 2 is 1.93 bits per heavy atom. The summed E-state index contributed by atoms with van der Waals surface area (Å²) in [7, 11) is 2.46. The minimum absolute atomic E-state index is 0.0568. The number of phenols is 1. The van der Waals surface area contributed by atoms with E-state index in [4.69, 9.17) is 9.47 Å². The number of hydrogen-bond donors (Lipinski definition) is 4. The molecule has 0 aliphatic heterocycles. The topological polar surface area (TPSA) is 143 Å². The minimum Gasteiger partial charge on any atom is -0.504 e. The first-order chi connectivity index (χ1) is 12.7. The fourth-order valence-corrected chi connectivity index (χ4v) is 2.87. The quantitative estimate of drug-likeness (QED) is 0.400. The molecule has 1 aliphatic carbocycles. The Balaban J connectivity index is 2.08. The standard InChI is InChI=1S/C18H22O9/c1-25-13-7-10(3-5-11(13)19)4-6-15(21)27-14-9-18(24,17(23)26-2)8-12(20)16(14)22/h3-7,12,14,16,19-20,22,24H,8-9H2,1-2H3/b6-4+/t12-,14+,16+,18-/m1/s1. The first kappa shape index (κ1) is 20.7. The average molecular weight is 382 g/mol. The summed E-state index contributed by atoms with van der Waals surface area (Å²) in [6, 6.07) is 4.42. The molecule has 27 heavy (non-hydrogen) atoms.